The van der Waals surface area contributed by atoms with Crippen LogP contribution in [0.15, 0.2) is 24.3 Å². The minimum Gasteiger partial charge on any atom is -0.478 e. The molecule has 1 N–H and O–H groups in total. The van der Waals surface area contributed by atoms with Gasteiger partial charge in [0.15, 0.2) is 5.82 Å². The maximum atomic E-state index is 12.7. The number of ether oxygens (including phenoxy) is 1. The molecular formula is C22H31N5O2. The van der Waals surface area contributed by atoms with Crippen molar-refractivity contribution in [1.82, 2.24) is 14.9 Å². The number of anilines is 2. The molecule has 2 aromatic rings. The van der Waals surface area contributed by atoms with Crippen LogP contribution >= 0.6 is 0 Å². The van der Waals surface area contributed by atoms with Gasteiger partial charge in [0, 0.05) is 31.9 Å². The van der Waals surface area contributed by atoms with E-state index in [1.807, 2.05) is 18.7 Å². The van der Waals surface area contributed by atoms with Gasteiger partial charge in [-0.2, -0.15) is 0 Å². The number of aromatic nitrogens is 2. The first-order valence-corrected chi connectivity index (χ1v) is 10.3. The summed E-state index contributed by atoms with van der Waals surface area (Å²) in [5, 5.41) is 2.85. The number of methoxy groups -OCH3 is 1. The number of hydrogen-bond donors (Lipinski definition) is 1. The lowest BCUT2D eigenvalue weighted by Gasteiger charge is -2.36. The predicted octanol–water partition coefficient (Wildman–Crippen LogP) is 3.80. The number of nitrogens with zero attached hydrogens (tertiary/aromatic N) is 4. The predicted molar refractivity (Wildman–Crippen MR) is 116 cm³/mol. The number of amides is 2. The van der Waals surface area contributed by atoms with Crippen LogP contribution in [-0.2, 0) is 6.42 Å². The van der Waals surface area contributed by atoms with Gasteiger partial charge in [-0.1, -0.05) is 25.5 Å². The molecule has 2 amide bonds. The molecule has 7 nitrogen and oxygen atoms in total. The third-order valence-corrected chi connectivity index (χ3v) is 5.38. The van der Waals surface area contributed by atoms with Crippen molar-refractivity contribution in [3.63, 3.8) is 0 Å². The Morgan fingerprint density at radius 2 is 1.72 bits per heavy atom. The Balaban J connectivity index is 1.56. The highest BCUT2D eigenvalue weighted by Gasteiger charge is 2.23. The molecule has 29 heavy (non-hydrogen) atoms. The summed E-state index contributed by atoms with van der Waals surface area (Å²) in [4.78, 5) is 25.6. The second-order valence-corrected chi connectivity index (χ2v) is 7.43. The molecule has 0 aliphatic carbocycles. The molecule has 1 fully saturated rings. The summed E-state index contributed by atoms with van der Waals surface area (Å²) in [5.74, 6) is 0.703. The van der Waals surface area contributed by atoms with Gasteiger partial charge in [-0.05, 0) is 44.4 Å². The summed E-state index contributed by atoms with van der Waals surface area (Å²) < 4.78 is 5.26. The van der Waals surface area contributed by atoms with Crippen molar-refractivity contribution in [3.8, 4) is 5.88 Å². The smallest absolute Gasteiger partial charge is 0.323 e. The van der Waals surface area contributed by atoms with Crippen LogP contribution in [0.25, 0.3) is 0 Å². The molecule has 1 saturated heterocycles. The van der Waals surface area contributed by atoms with Crippen LogP contribution < -0.4 is 15.0 Å². The molecule has 7 heteroatoms. The van der Waals surface area contributed by atoms with Gasteiger partial charge >= 0.3 is 6.03 Å². The number of urea groups is 1. The zero-order valence-corrected chi connectivity index (χ0v) is 17.9. The van der Waals surface area contributed by atoms with E-state index in [1.54, 1.807) is 0 Å². The van der Waals surface area contributed by atoms with Crippen molar-refractivity contribution in [3.05, 3.63) is 41.2 Å². The summed E-state index contributed by atoms with van der Waals surface area (Å²) in [7, 11) is 1.53. The average Bonchev–Trinajstić information content (AvgIpc) is 2.75. The molecule has 1 aliphatic heterocycles. The molecule has 1 aromatic heterocycles. The van der Waals surface area contributed by atoms with Crippen LogP contribution in [0.5, 0.6) is 5.88 Å². The normalized spacial score (nSPS) is 14.1. The van der Waals surface area contributed by atoms with Crippen LogP contribution in [0.2, 0.25) is 0 Å². The minimum absolute atomic E-state index is 0.171. The van der Waals surface area contributed by atoms with E-state index in [9.17, 15) is 4.79 Å². The highest BCUT2D eigenvalue weighted by Crippen LogP contribution is 2.22. The molecule has 0 saturated carbocycles. The lowest BCUT2D eigenvalue weighted by Crippen LogP contribution is -2.50. The van der Waals surface area contributed by atoms with E-state index in [2.05, 4.69) is 51.4 Å². The Bertz CT molecular complexity index is 830. The van der Waals surface area contributed by atoms with Crippen molar-refractivity contribution in [2.75, 3.05) is 43.5 Å². The summed E-state index contributed by atoms with van der Waals surface area (Å²) in [6, 6.07) is 8.64. The fourth-order valence-electron chi connectivity index (χ4n) is 3.41. The third kappa shape index (κ3) is 5.16. The lowest BCUT2D eigenvalue weighted by atomic mass is 10.1. The maximum absolute atomic E-state index is 12.7. The van der Waals surface area contributed by atoms with Crippen molar-refractivity contribution >= 4 is 17.5 Å². The van der Waals surface area contributed by atoms with Gasteiger partial charge in [0.05, 0.1) is 18.5 Å². The van der Waals surface area contributed by atoms with Gasteiger partial charge in [-0.3, -0.25) is 5.32 Å². The average molecular weight is 398 g/mol. The number of rotatable bonds is 6. The molecule has 156 valence electrons. The Morgan fingerprint density at radius 3 is 2.34 bits per heavy atom. The Labute approximate surface area is 173 Å². The Morgan fingerprint density at radius 1 is 1.07 bits per heavy atom. The van der Waals surface area contributed by atoms with Crippen molar-refractivity contribution in [2.24, 2.45) is 0 Å². The Hall–Kier alpha value is -2.83. The first-order valence-electron chi connectivity index (χ1n) is 10.3. The summed E-state index contributed by atoms with van der Waals surface area (Å²) in [5.41, 5.74) is 4.16. The number of carbonyl (C=O) groups is 1. The zero-order chi connectivity index (χ0) is 20.8. The van der Waals surface area contributed by atoms with Gasteiger partial charge in [-0.25, -0.2) is 14.8 Å². The number of carbonyl (C=O) groups excluding carboxylic acids is 1. The van der Waals surface area contributed by atoms with Crippen LogP contribution in [0.3, 0.4) is 0 Å². The highest BCUT2D eigenvalue weighted by molar-refractivity contribution is 5.89. The van der Waals surface area contributed by atoms with Gasteiger partial charge in [0.1, 0.15) is 0 Å². The van der Waals surface area contributed by atoms with Gasteiger partial charge < -0.3 is 14.5 Å². The van der Waals surface area contributed by atoms with Crippen molar-refractivity contribution in [1.29, 1.82) is 0 Å². The Kier molecular flexibility index (Phi) is 6.90. The van der Waals surface area contributed by atoms with Gasteiger partial charge in [-0.15, -0.1) is 0 Å². The molecular weight excluding hydrogens is 366 g/mol. The van der Waals surface area contributed by atoms with E-state index in [-0.39, 0.29) is 6.03 Å². The topological polar surface area (TPSA) is 70.6 Å². The first kappa shape index (κ1) is 20.9. The number of nitrogens with one attached hydrogen (secondary N) is 1. The molecule has 0 atom stereocenters. The summed E-state index contributed by atoms with van der Waals surface area (Å²) in [6.07, 6.45) is 3.57. The molecule has 1 aliphatic rings. The fourth-order valence-corrected chi connectivity index (χ4v) is 3.41. The van der Waals surface area contributed by atoms with E-state index in [0.29, 0.717) is 24.8 Å². The van der Waals surface area contributed by atoms with Crippen LogP contribution in [0.4, 0.5) is 16.3 Å². The monoisotopic (exact) mass is 397 g/mol. The van der Waals surface area contributed by atoms with Crippen LogP contribution in [0, 0.1) is 13.8 Å². The highest BCUT2D eigenvalue weighted by atomic mass is 16.5. The second-order valence-electron chi connectivity index (χ2n) is 7.43. The standard InChI is InChI=1S/C22H31N5O2/c1-5-6-7-18-8-10-19(11-9-18)26-12-14-27(15-13-26)22(28)25-20-21(29-4)24-17(3)16(2)23-20/h8-11H,5-7,12-15H2,1-4H3,(H,23,25,28). The number of piperazine rings is 1. The third-order valence-electron chi connectivity index (χ3n) is 5.38. The largest absolute Gasteiger partial charge is 0.478 e. The van der Waals surface area contributed by atoms with E-state index in [4.69, 9.17) is 4.74 Å². The van der Waals surface area contributed by atoms with E-state index in [0.717, 1.165) is 30.9 Å². The molecule has 2 heterocycles. The molecule has 1 aromatic carbocycles. The molecule has 0 unspecified atom stereocenters. The van der Waals surface area contributed by atoms with Crippen molar-refractivity contribution < 1.29 is 9.53 Å². The number of aryl methyl sites for hydroxylation is 3. The number of hydrogen-bond acceptors (Lipinski definition) is 5. The molecule has 3 rings (SSSR count). The summed E-state index contributed by atoms with van der Waals surface area (Å²) >= 11 is 0. The SMILES string of the molecule is CCCCc1ccc(N2CCN(C(=O)Nc3nc(C)c(C)nc3OC)CC2)cc1. The van der Waals surface area contributed by atoms with E-state index < -0.39 is 0 Å². The molecule has 0 radical (unpaired) electrons. The van der Waals surface area contributed by atoms with E-state index in [1.165, 1.54) is 31.2 Å². The fraction of sp³-hybridized carbons (Fsp3) is 0.500. The summed E-state index contributed by atoms with van der Waals surface area (Å²) in [6.45, 7) is 8.87. The quantitative estimate of drug-likeness (QED) is 0.803. The molecule has 0 spiro atoms. The van der Waals surface area contributed by atoms with E-state index >= 15 is 0 Å². The molecule has 0 bridgehead atoms. The zero-order valence-electron chi connectivity index (χ0n) is 17.9. The van der Waals surface area contributed by atoms with Gasteiger partial charge in [0.25, 0.3) is 5.88 Å². The van der Waals surface area contributed by atoms with Crippen LogP contribution in [0.1, 0.15) is 36.7 Å². The van der Waals surface area contributed by atoms with Crippen LogP contribution in [-0.4, -0.2) is 54.2 Å². The van der Waals surface area contributed by atoms with Crippen molar-refractivity contribution in [2.45, 2.75) is 40.0 Å². The van der Waals surface area contributed by atoms with Gasteiger partial charge in [0.2, 0.25) is 0 Å². The minimum atomic E-state index is -0.171. The number of benzene rings is 1. The first-order chi connectivity index (χ1) is 14.0. The second kappa shape index (κ2) is 9.58. The maximum Gasteiger partial charge on any atom is 0.323 e. The lowest BCUT2D eigenvalue weighted by molar-refractivity contribution is 0.208. The number of unbranched alkanes of at least 4 members (excludes halogenated alkanes) is 1.